The van der Waals surface area contributed by atoms with Crippen LogP contribution in [0, 0.1) is 23.7 Å². The molecule has 82 heavy (non-hydrogen) atoms. The number of rotatable bonds is 60. The maximum absolute atomic E-state index is 12.9. The molecule has 0 radical (unpaired) electrons. The van der Waals surface area contributed by atoms with Gasteiger partial charge >= 0.3 is 39.5 Å². The fraction of sp³-hybridized carbons (Fsp3) is 0.937. The molecular weight excluding hydrogens is 1090 g/mol. The fourth-order valence-corrected chi connectivity index (χ4v) is 10.8. The number of ether oxygens (including phenoxy) is 4. The van der Waals surface area contributed by atoms with Gasteiger partial charge in [-0.25, -0.2) is 9.13 Å². The Hall–Kier alpha value is -1.94. The van der Waals surface area contributed by atoms with Crippen LogP contribution < -0.4 is 0 Å². The second kappa shape index (κ2) is 53.3. The molecule has 3 N–H and O–H groups in total. The third-order valence-electron chi connectivity index (χ3n) is 14.3. The Morgan fingerprint density at radius 1 is 0.305 bits per heavy atom. The predicted molar refractivity (Wildman–Crippen MR) is 326 cm³/mol. The molecule has 0 amide bonds. The molecule has 0 bridgehead atoms. The van der Waals surface area contributed by atoms with Gasteiger partial charge in [-0.15, -0.1) is 0 Å². The van der Waals surface area contributed by atoms with E-state index >= 15 is 0 Å². The number of aliphatic hydroxyl groups is 1. The molecule has 486 valence electrons. The van der Waals surface area contributed by atoms with Gasteiger partial charge in [0.2, 0.25) is 0 Å². The summed E-state index contributed by atoms with van der Waals surface area (Å²) >= 11 is 0. The van der Waals surface area contributed by atoms with Gasteiger partial charge in [0.05, 0.1) is 26.4 Å². The lowest BCUT2D eigenvalue weighted by molar-refractivity contribution is -0.161. The lowest BCUT2D eigenvalue weighted by Gasteiger charge is -2.21. The third-order valence-corrected chi connectivity index (χ3v) is 16.2. The summed E-state index contributed by atoms with van der Waals surface area (Å²) in [5.41, 5.74) is 0. The van der Waals surface area contributed by atoms with Crippen molar-refractivity contribution in [1.29, 1.82) is 0 Å². The maximum Gasteiger partial charge on any atom is 0.472 e. The molecule has 0 rings (SSSR count). The number of phosphoric ester groups is 2. The van der Waals surface area contributed by atoms with Gasteiger partial charge in [0, 0.05) is 25.7 Å². The van der Waals surface area contributed by atoms with Crippen LogP contribution in [0.25, 0.3) is 0 Å². The smallest absolute Gasteiger partial charge is 0.462 e. The zero-order chi connectivity index (χ0) is 61.1. The zero-order valence-electron chi connectivity index (χ0n) is 53.1. The molecule has 0 aliphatic rings. The molecule has 17 nitrogen and oxygen atoms in total. The van der Waals surface area contributed by atoms with Gasteiger partial charge in [-0.2, -0.15) is 0 Å². The summed E-state index contributed by atoms with van der Waals surface area (Å²) in [7, 11) is -9.89. The van der Waals surface area contributed by atoms with Gasteiger partial charge < -0.3 is 33.8 Å². The number of carbonyl (C=O) groups excluding carboxylic acids is 4. The maximum atomic E-state index is 12.9. The minimum atomic E-state index is -4.94. The second-order valence-corrected chi connectivity index (χ2v) is 27.6. The number of unbranched alkanes of at least 4 members (excludes halogenated alkanes) is 26. The normalized spacial score (nSPS) is 14.5. The van der Waals surface area contributed by atoms with Gasteiger partial charge in [0.25, 0.3) is 0 Å². The van der Waals surface area contributed by atoms with Crippen LogP contribution in [-0.4, -0.2) is 96.7 Å². The van der Waals surface area contributed by atoms with Crippen molar-refractivity contribution < 1.29 is 80.2 Å². The van der Waals surface area contributed by atoms with Crippen molar-refractivity contribution in [3.63, 3.8) is 0 Å². The summed E-state index contributed by atoms with van der Waals surface area (Å²) in [4.78, 5) is 72.1. The lowest BCUT2D eigenvalue weighted by Crippen LogP contribution is -2.30. The molecule has 0 aromatic rings. The quantitative estimate of drug-likeness (QED) is 0.0222. The first-order chi connectivity index (χ1) is 39.1. The van der Waals surface area contributed by atoms with Crippen molar-refractivity contribution in [2.75, 3.05) is 39.6 Å². The van der Waals surface area contributed by atoms with Crippen molar-refractivity contribution in [1.82, 2.24) is 0 Å². The zero-order valence-corrected chi connectivity index (χ0v) is 54.9. The Labute approximate surface area is 498 Å². The summed E-state index contributed by atoms with van der Waals surface area (Å²) in [5, 5.41) is 10.5. The van der Waals surface area contributed by atoms with Crippen molar-refractivity contribution in [3.8, 4) is 0 Å². The first-order valence-electron chi connectivity index (χ1n) is 32.7. The highest BCUT2D eigenvalue weighted by Crippen LogP contribution is 2.45. The third kappa shape index (κ3) is 57.2. The monoisotopic (exact) mass is 1210 g/mol. The summed E-state index contributed by atoms with van der Waals surface area (Å²) in [6.45, 7) is 13.9. The van der Waals surface area contributed by atoms with E-state index in [1.54, 1.807) is 0 Å². The molecule has 5 atom stereocenters. The van der Waals surface area contributed by atoms with Crippen LogP contribution in [0.3, 0.4) is 0 Å². The highest BCUT2D eigenvalue weighted by Gasteiger charge is 2.30. The number of esters is 4. The van der Waals surface area contributed by atoms with Crippen molar-refractivity contribution in [3.05, 3.63) is 0 Å². The highest BCUT2D eigenvalue weighted by molar-refractivity contribution is 7.47. The molecule has 0 aliphatic carbocycles. The molecule has 0 spiro atoms. The number of aliphatic hydroxyl groups excluding tert-OH is 1. The minimum Gasteiger partial charge on any atom is -0.462 e. The molecule has 0 saturated carbocycles. The van der Waals surface area contributed by atoms with E-state index in [0.29, 0.717) is 37.5 Å². The second-order valence-electron chi connectivity index (χ2n) is 24.7. The summed E-state index contributed by atoms with van der Waals surface area (Å²) < 4.78 is 67.9. The van der Waals surface area contributed by atoms with E-state index in [-0.39, 0.29) is 25.7 Å². The topological polar surface area (TPSA) is 237 Å². The number of hydrogen-bond donors (Lipinski definition) is 3. The molecule has 0 saturated heterocycles. The number of carbonyl (C=O) groups is 4. The Balaban J connectivity index is 5.25. The van der Waals surface area contributed by atoms with E-state index in [4.69, 9.17) is 37.0 Å². The van der Waals surface area contributed by atoms with E-state index in [2.05, 4.69) is 55.4 Å². The molecule has 0 fully saturated rings. The van der Waals surface area contributed by atoms with Crippen LogP contribution in [0.15, 0.2) is 0 Å². The average Bonchev–Trinajstić information content (AvgIpc) is 3.43. The van der Waals surface area contributed by atoms with Crippen molar-refractivity contribution in [2.45, 2.75) is 318 Å². The van der Waals surface area contributed by atoms with Crippen LogP contribution in [0.1, 0.15) is 299 Å². The lowest BCUT2D eigenvalue weighted by atomic mass is 10.0. The number of hydrogen-bond acceptors (Lipinski definition) is 15. The van der Waals surface area contributed by atoms with E-state index in [9.17, 15) is 43.2 Å². The van der Waals surface area contributed by atoms with Gasteiger partial charge in [0.15, 0.2) is 12.2 Å². The summed E-state index contributed by atoms with van der Waals surface area (Å²) in [6, 6.07) is 0. The summed E-state index contributed by atoms with van der Waals surface area (Å²) in [5.74, 6) is 0.694. The Morgan fingerprint density at radius 3 is 0.756 bits per heavy atom. The predicted octanol–water partition coefficient (Wildman–Crippen LogP) is 17.0. The van der Waals surface area contributed by atoms with E-state index in [1.807, 2.05) is 0 Å². The minimum absolute atomic E-state index is 0.102. The first kappa shape index (κ1) is 80.1. The molecule has 19 heteroatoms. The highest BCUT2D eigenvalue weighted by atomic mass is 31.2. The molecule has 0 aromatic carbocycles. The SMILES string of the molecule is CC(C)CCCCCCCCCCCC(=O)O[C@H](COC(=O)CCCCCCCCC(C)C)COP(=O)(O)OCC(O)COP(=O)(O)OC[C@@H](COC(=O)CCCCCCCCCCC(C)C)OC(=O)CCCCCCCCCC(C)C. The van der Waals surface area contributed by atoms with Crippen LogP contribution in [0.4, 0.5) is 0 Å². The van der Waals surface area contributed by atoms with Gasteiger partial charge in [0.1, 0.15) is 19.3 Å². The van der Waals surface area contributed by atoms with E-state index in [1.165, 1.54) is 96.3 Å². The van der Waals surface area contributed by atoms with E-state index in [0.717, 1.165) is 108 Å². The molecular formula is C63H122O17P2. The standard InChI is InChI=1S/C63H122O17P2/c1-53(2)39-31-23-15-10-9-11-19-29-37-45-62(67)79-59(50-74-61(66)44-36-28-22-21-26-34-42-56(7)8)52-78-82(71,72)76-48-57(64)47-75-81(69,70)77-51-58(80-63(68)46-38-30-20-14-17-25-33-41-55(5)6)49-73-60(65)43-35-27-18-13-12-16-24-32-40-54(3)4/h53-59,64H,9-52H2,1-8H3,(H,69,70)(H,71,72)/t57?,58-,59-/m1/s1. The first-order valence-corrected chi connectivity index (χ1v) is 35.7. The van der Waals surface area contributed by atoms with Gasteiger partial charge in [-0.05, 0) is 49.4 Å². The molecule has 0 aliphatic heterocycles. The fourth-order valence-electron chi connectivity index (χ4n) is 9.25. The Bertz CT molecular complexity index is 1610. The molecule has 0 aromatic heterocycles. The van der Waals surface area contributed by atoms with Crippen LogP contribution in [-0.2, 0) is 65.4 Å². The van der Waals surface area contributed by atoms with Crippen LogP contribution in [0.2, 0.25) is 0 Å². The van der Waals surface area contributed by atoms with E-state index < -0.39 is 97.5 Å². The van der Waals surface area contributed by atoms with Crippen molar-refractivity contribution >= 4 is 39.5 Å². The number of phosphoric acid groups is 2. The largest absolute Gasteiger partial charge is 0.472 e. The Kier molecular flexibility index (Phi) is 52.0. The Morgan fingerprint density at radius 2 is 0.512 bits per heavy atom. The summed E-state index contributed by atoms with van der Waals surface area (Å²) in [6.07, 6.45) is 32.4. The molecule has 0 heterocycles. The van der Waals surface area contributed by atoms with Crippen LogP contribution >= 0.6 is 15.6 Å². The van der Waals surface area contributed by atoms with Gasteiger partial charge in [-0.1, -0.05) is 248 Å². The average molecular weight is 1210 g/mol. The van der Waals surface area contributed by atoms with Crippen LogP contribution in [0.5, 0.6) is 0 Å². The molecule has 3 unspecified atom stereocenters. The van der Waals surface area contributed by atoms with Crippen molar-refractivity contribution in [2.24, 2.45) is 23.7 Å². The van der Waals surface area contributed by atoms with Gasteiger partial charge in [-0.3, -0.25) is 37.3 Å².